The number of rotatable bonds is 3. The molecule has 2 rings (SSSR count). The van der Waals surface area contributed by atoms with E-state index in [1.54, 1.807) is 12.3 Å². The molecule has 98 valence electrons. The minimum atomic E-state index is -0.955. The average molecular weight is 269 g/mol. The summed E-state index contributed by atoms with van der Waals surface area (Å²) in [5.74, 6) is -1.27. The molecule has 1 unspecified atom stereocenters. The quantitative estimate of drug-likeness (QED) is 0.848. The van der Waals surface area contributed by atoms with Crippen molar-refractivity contribution in [2.24, 2.45) is 5.73 Å². The van der Waals surface area contributed by atoms with Crippen molar-refractivity contribution in [3.63, 3.8) is 0 Å². The zero-order chi connectivity index (χ0) is 13.3. The van der Waals surface area contributed by atoms with Gasteiger partial charge in [0.1, 0.15) is 16.7 Å². The van der Waals surface area contributed by atoms with Crippen LogP contribution in [0.2, 0.25) is 0 Å². The first-order chi connectivity index (χ1) is 8.50. The van der Waals surface area contributed by atoms with Gasteiger partial charge < -0.3 is 15.7 Å². The van der Waals surface area contributed by atoms with E-state index in [9.17, 15) is 9.59 Å². The highest BCUT2D eigenvalue weighted by Crippen LogP contribution is 2.22. The molecule has 1 fully saturated rings. The highest BCUT2D eigenvalue weighted by molar-refractivity contribution is 7.09. The van der Waals surface area contributed by atoms with Crippen molar-refractivity contribution in [3.05, 3.63) is 16.1 Å². The molecule has 0 saturated carbocycles. The third-order valence-corrected chi connectivity index (χ3v) is 3.97. The highest BCUT2D eigenvalue weighted by atomic mass is 32.1. The Morgan fingerprint density at radius 2 is 2.39 bits per heavy atom. The molecule has 0 bridgehead atoms. The Balaban J connectivity index is 2.17. The molecular formula is C11H15N3O3S. The van der Waals surface area contributed by atoms with Crippen molar-refractivity contribution in [2.45, 2.75) is 31.8 Å². The van der Waals surface area contributed by atoms with Gasteiger partial charge in [0.05, 0.1) is 6.04 Å². The van der Waals surface area contributed by atoms with E-state index < -0.39 is 12.0 Å². The van der Waals surface area contributed by atoms with Gasteiger partial charge in [0.2, 0.25) is 0 Å². The number of amides is 1. The molecule has 1 amide bonds. The van der Waals surface area contributed by atoms with Gasteiger partial charge in [0.15, 0.2) is 0 Å². The molecule has 7 heteroatoms. The fourth-order valence-electron chi connectivity index (χ4n) is 2.01. The molecule has 18 heavy (non-hydrogen) atoms. The molecule has 3 N–H and O–H groups in total. The first-order valence-electron chi connectivity index (χ1n) is 5.75. The Kier molecular flexibility index (Phi) is 3.63. The van der Waals surface area contributed by atoms with Gasteiger partial charge in [-0.3, -0.25) is 4.79 Å². The summed E-state index contributed by atoms with van der Waals surface area (Å²) in [5, 5.41) is 11.4. The van der Waals surface area contributed by atoms with Crippen LogP contribution in [-0.2, 0) is 4.79 Å². The Bertz CT molecular complexity index is 472. The number of carbonyl (C=O) groups is 2. The minimum absolute atomic E-state index is 0.217. The SMILES string of the molecule is CC(N)c1nc(C(=O)N2CCC[C@@H]2C(=O)O)cs1. The summed E-state index contributed by atoms with van der Waals surface area (Å²) < 4.78 is 0. The van der Waals surface area contributed by atoms with Crippen molar-refractivity contribution in [1.29, 1.82) is 0 Å². The lowest BCUT2D eigenvalue weighted by atomic mass is 10.2. The molecule has 1 aromatic rings. The average Bonchev–Trinajstić information content (AvgIpc) is 2.97. The smallest absolute Gasteiger partial charge is 0.326 e. The number of aliphatic carboxylic acids is 1. The van der Waals surface area contributed by atoms with Crippen LogP contribution < -0.4 is 5.73 Å². The zero-order valence-corrected chi connectivity index (χ0v) is 10.8. The highest BCUT2D eigenvalue weighted by Gasteiger charge is 2.35. The molecule has 0 aromatic carbocycles. The number of aromatic nitrogens is 1. The Labute approximate surface area is 108 Å². The van der Waals surface area contributed by atoms with Crippen LogP contribution >= 0.6 is 11.3 Å². The van der Waals surface area contributed by atoms with Gasteiger partial charge in [-0.25, -0.2) is 9.78 Å². The van der Waals surface area contributed by atoms with Gasteiger partial charge >= 0.3 is 5.97 Å². The number of carbonyl (C=O) groups excluding carboxylic acids is 1. The molecule has 0 radical (unpaired) electrons. The Morgan fingerprint density at radius 3 is 2.94 bits per heavy atom. The van der Waals surface area contributed by atoms with Crippen molar-refractivity contribution >= 4 is 23.2 Å². The van der Waals surface area contributed by atoms with E-state index in [1.807, 2.05) is 0 Å². The van der Waals surface area contributed by atoms with Crippen molar-refractivity contribution in [3.8, 4) is 0 Å². The summed E-state index contributed by atoms with van der Waals surface area (Å²) in [6, 6.07) is -0.941. The molecule has 1 aliphatic rings. The van der Waals surface area contributed by atoms with Crippen LogP contribution in [-0.4, -0.2) is 39.5 Å². The summed E-state index contributed by atoms with van der Waals surface area (Å²) in [5.41, 5.74) is 5.98. The molecule has 2 heterocycles. The van der Waals surface area contributed by atoms with E-state index in [0.29, 0.717) is 30.1 Å². The molecule has 2 atom stereocenters. The number of nitrogens with zero attached hydrogens (tertiary/aromatic N) is 2. The van der Waals surface area contributed by atoms with Crippen molar-refractivity contribution in [2.75, 3.05) is 6.54 Å². The third kappa shape index (κ3) is 2.37. The number of carboxylic acids is 1. The largest absolute Gasteiger partial charge is 0.480 e. The second kappa shape index (κ2) is 5.03. The molecule has 1 aromatic heterocycles. The van der Waals surface area contributed by atoms with Crippen LogP contribution in [0.25, 0.3) is 0 Å². The van der Waals surface area contributed by atoms with Gasteiger partial charge in [-0.2, -0.15) is 0 Å². The number of hydrogen-bond acceptors (Lipinski definition) is 5. The maximum Gasteiger partial charge on any atom is 0.326 e. The van der Waals surface area contributed by atoms with Crippen LogP contribution in [0, 0.1) is 0 Å². The van der Waals surface area contributed by atoms with E-state index in [4.69, 9.17) is 10.8 Å². The van der Waals surface area contributed by atoms with Crippen molar-refractivity contribution in [1.82, 2.24) is 9.88 Å². The summed E-state index contributed by atoms with van der Waals surface area (Å²) in [6.45, 7) is 2.27. The van der Waals surface area contributed by atoms with E-state index in [2.05, 4.69) is 4.98 Å². The van der Waals surface area contributed by atoms with Crippen molar-refractivity contribution < 1.29 is 14.7 Å². The number of nitrogens with two attached hydrogens (primary N) is 1. The van der Waals surface area contributed by atoms with Crippen LogP contribution in [0.4, 0.5) is 0 Å². The molecule has 1 saturated heterocycles. The van der Waals surface area contributed by atoms with E-state index in [-0.39, 0.29) is 11.9 Å². The number of hydrogen-bond donors (Lipinski definition) is 2. The van der Waals surface area contributed by atoms with Crippen LogP contribution in [0.3, 0.4) is 0 Å². The fraction of sp³-hybridized carbons (Fsp3) is 0.545. The van der Waals surface area contributed by atoms with Gasteiger partial charge in [-0.1, -0.05) is 0 Å². The van der Waals surface area contributed by atoms with Gasteiger partial charge in [0, 0.05) is 11.9 Å². The predicted octanol–water partition coefficient (Wildman–Crippen LogP) is 0.852. The number of likely N-dealkylation sites (tertiary alicyclic amines) is 1. The van der Waals surface area contributed by atoms with Gasteiger partial charge in [-0.05, 0) is 19.8 Å². The van der Waals surface area contributed by atoms with E-state index in [1.165, 1.54) is 16.2 Å². The zero-order valence-electron chi connectivity index (χ0n) is 10.00. The molecule has 6 nitrogen and oxygen atoms in total. The van der Waals surface area contributed by atoms with Crippen LogP contribution in [0.1, 0.15) is 41.3 Å². The lowest BCUT2D eigenvalue weighted by Crippen LogP contribution is -2.40. The van der Waals surface area contributed by atoms with E-state index >= 15 is 0 Å². The third-order valence-electron chi connectivity index (χ3n) is 2.93. The Morgan fingerprint density at radius 1 is 1.67 bits per heavy atom. The number of thiazole rings is 1. The predicted molar refractivity (Wildman–Crippen MR) is 66.4 cm³/mol. The molecule has 1 aliphatic heterocycles. The molecule has 0 spiro atoms. The first-order valence-corrected chi connectivity index (χ1v) is 6.63. The summed E-state index contributed by atoms with van der Waals surface area (Å²) in [4.78, 5) is 28.7. The van der Waals surface area contributed by atoms with E-state index in [0.717, 1.165) is 0 Å². The summed E-state index contributed by atoms with van der Waals surface area (Å²) in [7, 11) is 0. The number of carboxylic acid groups (broad SMARTS) is 1. The topological polar surface area (TPSA) is 96.5 Å². The normalized spacial score (nSPS) is 21.0. The first kappa shape index (κ1) is 13.0. The lowest BCUT2D eigenvalue weighted by Gasteiger charge is -2.20. The maximum atomic E-state index is 12.2. The maximum absolute atomic E-state index is 12.2. The standard InChI is InChI=1S/C11H15N3O3S/c1-6(12)9-13-7(5-18-9)10(15)14-4-2-3-8(14)11(16)17/h5-6,8H,2-4,12H2,1H3,(H,16,17)/t6?,8-/m1/s1. The summed E-state index contributed by atoms with van der Waals surface area (Å²) >= 11 is 1.32. The molecular weight excluding hydrogens is 254 g/mol. The van der Waals surface area contributed by atoms with Crippen LogP contribution in [0.15, 0.2) is 5.38 Å². The van der Waals surface area contributed by atoms with Gasteiger partial charge in [-0.15, -0.1) is 11.3 Å². The monoisotopic (exact) mass is 269 g/mol. The minimum Gasteiger partial charge on any atom is -0.480 e. The fourth-order valence-corrected chi connectivity index (χ4v) is 2.76. The summed E-state index contributed by atoms with van der Waals surface area (Å²) in [6.07, 6.45) is 1.22. The second-order valence-corrected chi connectivity index (χ2v) is 5.24. The van der Waals surface area contributed by atoms with Gasteiger partial charge in [0.25, 0.3) is 5.91 Å². The lowest BCUT2D eigenvalue weighted by molar-refractivity contribution is -0.141. The second-order valence-electron chi connectivity index (χ2n) is 4.35. The Hall–Kier alpha value is -1.47. The van der Waals surface area contributed by atoms with Crippen LogP contribution in [0.5, 0.6) is 0 Å². The molecule has 0 aliphatic carbocycles.